The molecule has 0 aliphatic rings. The molecular weight excluding hydrogens is 346 g/mol. The second-order valence-electron chi connectivity index (χ2n) is 5.65. The topological polar surface area (TPSA) is 55.4 Å². The van der Waals surface area contributed by atoms with Gasteiger partial charge in [-0.1, -0.05) is 23.7 Å². The van der Waals surface area contributed by atoms with Gasteiger partial charge in [0, 0.05) is 20.9 Å². The van der Waals surface area contributed by atoms with Gasteiger partial charge in [-0.2, -0.15) is 0 Å². The van der Waals surface area contributed by atoms with E-state index in [0.29, 0.717) is 5.02 Å². The molecule has 1 aromatic carbocycles. The van der Waals surface area contributed by atoms with E-state index in [2.05, 4.69) is 10.1 Å². The van der Waals surface area contributed by atoms with Crippen molar-refractivity contribution in [2.24, 2.45) is 0 Å². The third-order valence-electron chi connectivity index (χ3n) is 3.29. The number of thiophene rings is 1. The molecule has 6 heteroatoms. The molecule has 126 valence electrons. The Bertz CT molecular complexity index is 763. The van der Waals surface area contributed by atoms with Gasteiger partial charge in [-0.3, -0.25) is 4.79 Å². The van der Waals surface area contributed by atoms with Gasteiger partial charge >= 0.3 is 5.97 Å². The third-order valence-corrected chi connectivity index (χ3v) is 4.64. The van der Waals surface area contributed by atoms with Gasteiger partial charge in [-0.25, -0.2) is 4.79 Å². The third kappa shape index (κ3) is 4.69. The van der Waals surface area contributed by atoms with Crippen molar-refractivity contribution in [2.45, 2.75) is 19.4 Å². The lowest BCUT2D eigenvalue weighted by molar-refractivity contribution is -0.148. The number of benzene rings is 1. The average molecular weight is 364 g/mol. The zero-order chi connectivity index (χ0) is 17.7. The number of methoxy groups -OCH3 is 1. The monoisotopic (exact) mass is 363 g/mol. The maximum atomic E-state index is 12.0. The summed E-state index contributed by atoms with van der Waals surface area (Å²) in [6.45, 7) is 3.18. The van der Waals surface area contributed by atoms with Crippen LogP contribution in [0.5, 0.6) is 0 Å². The molecule has 24 heavy (non-hydrogen) atoms. The van der Waals surface area contributed by atoms with Crippen LogP contribution in [0.2, 0.25) is 5.02 Å². The van der Waals surface area contributed by atoms with Crippen LogP contribution in [0.1, 0.15) is 18.7 Å². The fraction of sp³-hybridized carbons (Fsp3) is 0.222. The van der Waals surface area contributed by atoms with Crippen molar-refractivity contribution in [2.75, 3.05) is 7.11 Å². The van der Waals surface area contributed by atoms with Crippen LogP contribution in [-0.4, -0.2) is 24.5 Å². The van der Waals surface area contributed by atoms with Gasteiger partial charge in [0.15, 0.2) is 0 Å². The van der Waals surface area contributed by atoms with Gasteiger partial charge in [0.05, 0.1) is 7.11 Å². The number of esters is 1. The molecule has 0 saturated carbocycles. The molecule has 1 amide bonds. The summed E-state index contributed by atoms with van der Waals surface area (Å²) in [6, 6.07) is 11.5. The van der Waals surface area contributed by atoms with Crippen LogP contribution in [0, 0.1) is 0 Å². The van der Waals surface area contributed by atoms with Gasteiger partial charge < -0.3 is 10.1 Å². The Morgan fingerprint density at radius 2 is 1.83 bits per heavy atom. The van der Waals surface area contributed by atoms with Crippen molar-refractivity contribution >= 4 is 40.9 Å². The Morgan fingerprint density at radius 3 is 2.46 bits per heavy atom. The molecule has 2 aromatic rings. The van der Waals surface area contributed by atoms with Crippen LogP contribution >= 0.6 is 22.9 Å². The second kappa shape index (κ2) is 7.64. The number of ether oxygens (including phenoxy) is 1. The number of rotatable bonds is 5. The first-order valence-electron chi connectivity index (χ1n) is 7.26. The summed E-state index contributed by atoms with van der Waals surface area (Å²) in [6.07, 6.45) is 3.12. The van der Waals surface area contributed by atoms with E-state index >= 15 is 0 Å². The standard InChI is InChI=1S/C18H18ClNO3S/c1-18(2,17(22)23-3)20-16(21)11-9-14-8-10-15(24-14)12-4-6-13(19)7-5-12/h4-11H,1-3H3,(H,20,21)/b11-9+. The molecule has 0 radical (unpaired) electrons. The second-order valence-corrected chi connectivity index (χ2v) is 7.20. The van der Waals surface area contributed by atoms with Gasteiger partial charge in [0.2, 0.25) is 5.91 Å². The van der Waals surface area contributed by atoms with Crippen molar-refractivity contribution in [1.29, 1.82) is 0 Å². The van der Waals surface area contributed by atoms with E-state index in [1.54, 1.807) is 31.3 Å². The highest BCUT2D eigenvalue weighted by molar-refractivity contribution is 7.16. The van der Waals surface area contributed by atoms with E-state index in [-0.39, 0.29) is 5.91 Å². The maximum Gasteiger partial charge on any atom is 0.330 e. The average Bonchev–Trinajstić information content (AvgIpc) is 3.01. The fourth-order valence-electron chi connectivity index (χ4n) is 2.03. The summed E-state index contributed by atoms with van der Waals surface area (Å²) in [5.74, 6) is -0.850. The molecule has 1 N–H and O–H groups in total. The highest BCUT2D eigenvalue weighted by atomic mass is 35.5. The predicted octanol–water partition coefficient (Wildman–Crippen LogP) is 4.15. The summed E-state index contributed by atoms with van der Waals surface area (Å²) in [5.41, 5.74) is 0.000392. The molecule has 0 bridgehead atoms. The zero-order valence-electron chi connectivity index (χ0n) is 13.6. The van der Waals surface area contributed by atoms with Crippen molar-refractivity contribution in [3.8, 4) is 10.4 Å². The highest BCUT2D eigenvalue weighted by Crippen LogP contribution is 2.29. The summed E-state index contributed by atoms with van der Waals surface area (Å²) in [4.78, 5) is 25.5. The van der Waals surface area contributed by atoms with Crippen LogP contribution in [0.4, 0.5) is 0 Å². The normalized spacial score (nSPS) is 11.5. The van der Waals surface area contributed by atoms with Crippen LogP contribution in [0.25, 0.3) is 16.5 Å². The maximum absolute atomic E-state index is 12.0. The Hall–Kier alpha value is -2.11. The SMILES string of the molecule is COC(=O)C(C)(C)NC(=O)/C=C/c1ccc(-c2ccc(Cl)cc2)s1. The zero-order valence-corrected chi connectivity index (χ0v) is 15.2. The number of halogens is 1. The van der Waals surface area contributed by atoms with E-state index in [0.717, 1.165) is 15.3 Å². The largest absolute Gasteiger partial charge is 0.467 e. The number of hydrogen-bond donors (Lipinski definition) is 1. The Kier molecular flexibility index (Phi) is 5.80. The van der Waals surface area contributed by atoms with E-state index in [9.17, 15) is 9.59 Å². The van der Waals surface area contributed by atoms with Crippen molar-refractivity contribution in [3.63, 3.8) is 0 Å². The lowest BCUT2D eigenvalue weighted by Crippen LogP contribution is -2.49. The van der Waals surface area contributed by atoms with Crippen LogP contribution in [0.3, 0.4) is 0 Å². The minimum atomic E-state index is -1.07. The molecule has 1 heterocycles. The minimum Gasteiger partial charge on any atom is -0.467 e. The number of hydrogen-bond acceptors (Lipinski definition) is 4. The molecule has 0 aliphatic heterocycles. The summed E-state index contributed by atoms with van der Waals surface area (Å²) in [7, 11) is 1.29. The molecular formula is C18H18ClNO3S. The fourth-order valence-corrected chi connectivity index (χ4v) is 3.07. The molecule has 0 atom stereocenters. The van der Waals surface area contributed by atoms with Gasteiger partial charge in [-0.05, 0) is 49.8 Å². The van der Waals surface area contributed by atoms with Gasteiger partial charge in [-0.15, -0.1) is 11.3 Å². The molecule has 0 saturated heterocycles. The van der Waals surface area contributed by atoms with Gasteiger partial charge in [0.1, 0.15) is 5.54 Å². The number of amides is 1. The van der Waals surface area contributed by atoms with Gasteiger partial charge in [0.25, 0.3) is 0 Å². The first kappa shape index (κ1) is 18.2. The Morgan fingerprint density at radius 1 is 1.17 bits per heavy atom. The summed E-state index contributed by atoms with van der Waals surface area (Å²) < 4.78 is 4.65. The predicted molar refractivity (Wildman–Crippen MR) is 98.0 cm³/mol. The minimum absolute atomic E-state index is 0.355. The van der Waals surface area contributed by atoms with Crippen molar-refractivity contribution < 1.29 is 14.3 Å². The van der Waals surface area contributed by atoms with Crippen LogP contribution < -0.4 is 5.32 Å². The molecule has 2 rings (SSSR count). The Balaban J connectivity index is 2.03. The molecule has 4 nitrogen and oxygen atoms in total. The first-order valence-corrected chi connectivity index (χ1v) is 8.46. The van der Waals surface area contributed by atoms with E-state index in [4.69, 9.17) is 11.6 Å². The van der Waals surface area contributed by atoms with E-state index in [1.165, 1.54) is 13.2 Å². The number of nitrogens with one attached hydrogen (secondary N) is 1. The molecule has 1 aromatic heterocycles. The summed E-state index contributed by atoms with van der Waals surface area (Å²) in [5, 5.41) is 3.31. The lowest BCUT2D eigenvalue weighted by Gasteiger charge is -2.21. The number of carbonyl (C=O) groups excluding carboxylic acids is 2. The molecule has 0 spiro atoms. The van der Waals surface area contributed by atoms with Crippen molar-refractivity contribution in [1.82, 2.24) is 5.32 Å². The lowest BCUT2D eigenvalue weighted by atomic mass is 10.1. The summed E-state index contributed by atoms with van der Waals surface area (Å²) >= 11 is 7.45. The number of carbonyl (C=O) groups is 2. The molecule has 0 unspecified atom stereocenters. The first-order chi connectivity index (χ1) is 11.3. The quantitative estimate of drug-likeness (QED) is 0.641. The van der Waals surface area contributed by atoms with E-state index in [1.807, 2.05) is 36.4 Å². The Labute approximate surface area is 150 Å². The smallest absolute Gasteiger partial charge is 0.330 e. The molecule has 0 fully saturated rings. The van der Waals surface area contributed by atoms with Crippen LogP contribution in [-0.2, 0) is 14.3 Å². The van der Waals surface area contributed by atoms with Crippen molar-refractivity contribution in [3.05, 3.63) is 52.4 Å². The van der Waals surface area contributed by atoms with Crippen LogP contribution in [0.15, 0.2) is 42.5 Å². The molecule has 0 aliphatic carbocycles. The highest BCUT2D eigenvalue weighted by Gasteiger charge is 2.29. The van der Waals surface area contributed by atoms with E-state index < -0.39 is 11.5 Å².